The fraction of sp³-hybridized carbons (Fsp3) is 0.222. The van der Waals surface area contributed by atoms with Crippen molar-refractivity contribution in [1.29, 1.82) is 0 Å². The molecule has 1 heterocycles. The lowest BCUT2D eigenvalue weighted by atomic mass is 10.3. The zero-order valence-electron chi connectivity index (χ0n) is 10.1. The Kier molecular flexibility index (Phi) is 4.01. The van der Waals surface area contributed by atoms with Crippen molar-refractivity contribution < 1.29 is 12.8 Å². The van der Waals surface area contributed by atoms with Gasteiger partial charge in [-0.1, -0.05) is 5.21 Å². The topological polar surface area (TPSA) is 127 Å². The Morgan fingerprint density at radius 3 is 2.80 bits per heavy atom. The maximum absolute atomic E-state index is 13.9. The number of sulfonamides is 1. The van der Waals surface area contributed by atoms with Crippen LogP contribution in [0.25, 0.3) is 0 Å². The summed E-state index contributed by atoms with van der Waals surface area (Å²) < 4.78 is 40.4. The third-order valence-electron chi connectivity index (χ3n) is 2.39. The molecule has 4 N–H and O–H groups in total. The molecular weight excluding hydrogens is 355 g/mol. The summed E-state index contributed by atoms with van der Waals surface area (Å²) in [6.45, 7) is 1.50. The van der Waals surface area contributed by atoms with Crippen LogP contribution in [0.4, 0.5) is 10.1 Å². The minimum atomic E-state index is -4.12. The van der Waals surface area contributed by atoms with Gasteiger partial charge < -0.3 is 5.73 Å². The number of aromatic amines is 1. The maximum Gasteiger partial charge on any atom is 0.244 e. The number of nitrogen functional groups attached to an aromatic ring is 1. The molecule has 0 amide bonds. The number of halogens is 2. The molecule has 0 aliphatic carbocycles. The molecule has 0 bridgehead atoms. The molecule has 20 heavy (non-hydrogen) atoms. The van der Waals surface area contributed by atoms with E-state index in [4.69, 9.17) is 5.73 Å². The Balaban J connectivity index is 2.36. The van der Waals surface area contributed by atoms with Gasteiger partial charge in [0.25, 0.3) is 0 Å². The lowest BCUT2D eigenvalue weighted by Gasteiger charge is -2.12. The van der Waals surface area contributed by atoms with Crippen molar-refractivity contribution >= 4 is 31.6 Å². The van der Waals surface area contributed by atoms with E-state index in [-0.39, 0.29) is 16.0 Å². The molecule has 0 radical (unpaired) electrons. The summed E-state index contributed by atoms with van der Waals surface area (Å²) in [5, 5.41) is 12.8. The van der Waals surface area contributed by atoms with Gasteiger partial charge in [0.2, 0.25) is 10.0 Å². The van der Waals surface area contributed by atoms with Crippen molar-refractivity contribution in [2.24, 2.45) is 0 Å². The number of tetrazole rings is 1. The van der Waals surface area contributed by atoms with Crippen LogP contribution in [0.1, 0.15) is 18.8 Å². The summed E-state index contributed by atoms with van der Waals surface area (Å²) in [4.78, 5) is -0.556. The van der Waals surface area contributed by atoms with Crippen molar-refractivity contribution in [1.82, 2.24) is 25.3 Å². The number of hydrogen-bond acceptors (Lipinski definition) is 6. The number of nitrogens with zero attached hydrogens (tertiary/aromatic N) is 3. The second-order valence-corrected chi connectivity index (χ2v) is 6.46. The summed E-state index contributed by atoms with van der Waals surface area (Å²) in [6.07, 6.45) is 0. The molecule has 1 atom stereocenters. The zero-order valence-corrected chi connectivity index (χ0v) is 12.5. The van der Waals surface area contributed by atoms with Crippen molar-refractivity contribution in [3.8, 4) is 0 Å². The van der Waals surface area contributed by atoms with Crippen LogP contribution in [-0.4, -0.2) is 29.0 Å². The van der Waals surface area contributed by atoms with Gasteiger partial charge in [-0.25, -0.2) is 17.5 Å². The van der Waals surface area contributed by atoms with Gasteiger partial charge in [0.1, 0.15) is 4.90 Å². The van der Waals surface area contributed by atoms with Crippen molar-refractivity contribution in [3.63, 3.8) is 0 Å². The van der Waals surface area contributed by atoms with Gasteiger partial charge in [-0.2, -0.15) is 5.21 Å². The van der Waals surface area contributed by atoms with E-state index in [1.54, 1.807) is 0 Å². The number of H-pyrrole nitrogens is 1. The van der Waals surface area contributed by atoms with E-state index >= 15 is 0 Å². The molecule has 1 aromatic heterocycles. The minimum absolute atomic E-state index is 0.0370. The van der Waals surface area contributed by atoms with E-state index < -0.39 is 26.8 Å². The molecule has 8 nitrogen and oxygen atoms in total. The van der Waals surface area contributed by atoms with Gasteiger partial charge >= 0.3 is 0 Å². The molecule has 1 unspecified atom stereocenters. The molecule has 0 aliphatic rings. The highest BCUT2D eigenvalue weighted by Gasteiger charge is 2.25. The number of hydrogen-bond donors (Lipinski definition) is 3. The first-order valence-electron chi connectivity index (χ1n) is 5.31. The normalized spacial score (nSPS) is 13.3. The Morgan fingerprint density at radius 1 is 1.50 bits per heavy atom. The fourth-order valence-electron chi connectivity index (χ4n) is 1.48. The molecule has 0 aliphatic heterocycles. The number of anilines is 1. The predicted octanol–water partition coefficient (Wildman–Crippen LogP) is 0.723. The smallest absolute Gasteiger partial charge is 0.244 e. The lowest BCUT2D eigenvalue weighted by Crippen LogP contribution is -2.28. The third-order valence-corrected chi connectivity index (χ3v) is 4.50. The van der Waals surface area contributed by atoms with Crippen LogP contribution in [0, 0.1) is 5.82 Å². The second kappa shape index (κ2) is 5.42. The van der Waals surface area contributed by atoms with E-state index in [0.29, 0.717) is 0 Å². The Labute approximate surface area is 122 Å². The van der Waals surface area contributed by atoms with Gasteiger partial charge in [0.05, 0.1) is 10.5 Å². The monoisotopic (exact) mass is 364 g/mol. The van der Waals surface area contributed by atoms with Crippen LogP contribution in [0.15, 0.2) is 21.5 Å². The van der Waals surface area contributed by atoms with Crippen LogP contribution < -0.4 is 10.5 Å². The van der Waals surface area contributed by atoms with Gasteiger partial charge in [0, 0.05) is 5.69 Å². The summed E-state index contributed by atoms with van der Waals surface area (Å²) in [6, 6.07) is 1.53. The van der Waals surface area contributed by atoms with E-state index in [0.717, 1.165) is 6.07 Å². The van der Waals surface area contributed by atoms with Crippen LogP contribution in [-0.2, 0) is 10.0 Å². The molecule has 2 aromatic rings. The molecule has 0 fully saturated rings. The molecule has 108 valence electrons. The average Bonchev–Trinajstić information content (AvgIpc) is 2.86. The largest absolute Gasteiger partial charge is 0.399 e. The molecule has 0 saturated heterocycles. The second-order valence-electron chi connectivity index (χ2n) is 3.93. The van der Waals surface area contributed by atoms with E-state index in [2.05, 4.69) is 41.3 Å². The highest BCUT2D eigenvalue weighted by atomic mass is 79.9. The van der Waals surface area contributed by atoms with E-state index in [1.165, 1.54) is 13.0 Å². The zero-order chi connectivity index (χ0) is 14.9. The summed E-state index contributed by atoms with van der Waals surface area (Å²) in [5.41, 5.74) is 5.64. The molecule has 0 saturated carbocycles. The van der Waals surface area contributed by atoms with E-state index in [9.17, 15) is 12.8 Å². The predicted molar refractivity (Wildman–Crippen MR) is 71.4 cm³/mol. The first kappa shape index (κ1) is 14.8. The number of benzene rings is 1. The highest BCUT2D eigenvalue weighted by Crippen LogP contribution is 2.26. The fourth-order valence-corrected chi connectivity index (χ4v) is 3.43. The van der Waals surface area contributed by atoms with Crippen molar-refractivity contribution in [2.45, 2.75) is 17.9 Å². The molecule has 1 aromatic carbocycles. The lowest BCUT2D eigenvalue weighted by molar-refractivity contribution is 0.540. The van der Waals surface area contributed by atoms with Crippen molar-refractivity contribution in [3.05, 3.63) is 28.2 Å². The van der Waals surface area contributed by atoms with Crippen LogP contribution in [0.2, 0.25) is 0 Å². The Hall–Kier alpha value is -1.59. The van der Waals surface area contributed by atoms with Gasteiger partial charge in [-0.3, -0.25) is 0 Å². The number of rotatable bonds is 4. The molecule has 0 spiro atoms. The van der Waals surface area contributed by atoms with E-state index in [1.807, 2.05) is 0 Å². The molecule has 11 heteroatoms. The summed E-state index contributed by atoms with van der Waals surface area (Å²) >= 11 is 2.91. The maximum atomic E-state index is 13.9. The van der Waals surface area contributed by atoms with Crippen LogP contribution in [0.3, 0.4) is 0 Å². The number of aromatic nitrogens is 4. The Morgan fingerprint density at radius 2 is 2.20 bits per heavy atom. The summed E-state index contributed by atoms with van der Waals surface area (Å²) in [7, 11) is -4.12. The van der Waals surface area contributed by atoms with Crippen LogP contribution in [0.5, 0.6) is 0 Å². The molecule has 2 rings (SSSR count). The average molecular weight is 365 g/mol. The number of nitrogens with one attached hydrogen (secondary N) is 2. The van der Waals surface area contributed by atoms with Crippen molar-refractivity contribution in [2.75, 3.05) is 5.73 Å². The summed E-state index contributed by atoms with van der Waals surface area (Å²) in [5.74, 6) is -0.788. The minimum Gasteiger partial charge on any atom is -0.399 e. The first-order chi connectivity index (χ1) is 9.31. The number of nitrogens with two attached hydrogens (primary N) is 1. The first-order valence-corrected chi connectivity index (χ1v) is 7.59. The Bertz CT molecular complexity index is 720. The van der Waals surface area contributed by atoms with Gasteiger partial charge in [-0.15, -0.1) is 10.2 Å². The van der Waals surface area contributed by atoms with Gasteiger partial charge in [-0.05, 0) is 35.0 Å². The van der Waals surface area contributed by atoms with Crippen LogP contribution >= 0.6 is 15.9 Å². The molecular formula is C9H10BrFN6O2S. The SMILES string of the molecule is CC(NS(=O)(=O)c1cc(N)cc(Br)c1F)c1nn[nH]n1. The quantitative estimate of drug-likeness (QED) is 0.686. The van der Waals surface area contributed by atoms with Gasteiger partial charge in [0.15, 0.2) is 11.6 Å². The standard InChI is InChI=1S/C9H10BrFN6O2S/c1-4(9-13-16-17-14-9)15-20(18,19)7-3-5(12)2-6(10)8(7)11/h2-4,15H,12H2,1H3,(H,13,14,16,17). The third kappa shape index (κ3) is 2.94. The highest BCUT2D eigenvalue weighted by molar-refractivity contribution is 9.10.